The Labute approximate surface area is 120 Å². The summed E-state index contributed by atoms with van der Waals surface area (Å²) in [6, 6.07) is 7.75. The summed E-state index contributed by atoms with van der Waals surface area (Å²) >= 11 is 3.37. The minimum atomic E-state index is -0.759. The van der Waals surface area contributed by atoms with Gasteiger partial charge in [0.05, 0.1) is 17.2 Å². The monoisotopic (exact) mass is 322 g/mol. The van der Waals surface area contributed by atoms with Crippen LogP contribution in [0.2, 0.25) is 0 Å². The standard InChI is InChI=1S/C14H15BrN2O2/c1-9-5-10(14(18)19)8-17(7-9)13-4-2-3-12(15)11(13)6-16/h2-4,9-10H,5,7-8H2,1H3,(H,18,19). The van der Waals surface area contributed by atoms with E-state index in [0.29, 0.717) is 24.4 Å². The normalized spacial score (nSPS) is 22.9. The fourth-order valence-corrected chi connectivity index (χ4v) is 3.06. The van der Waals surface area contributed by atoms with Gasteiger partial charge in [-0.2, -0.15) is 5.26 Å². The zero-order valence-corrected chi connectivity index (χ0v) is 12.2. The number of hydrogen-bond donors (Lipinski definition) is 1. The van der Waals surface area contributed by atoms with Crippen LogP contribution in [-0.4, -0.2) is 24.2 Å². The third-order valence-electron chi connectivity index (χ3n) is 3.45. The Morgan fingerprint density at radius 1 is 1.53 bits per heavy atom. The molecule has 4 nitrogen and oxygen atoms in total. The van der Waals surface area contributed by atoms with Crippen LogP contribution in [0.4, 0.5) is 5.69 Å². The molecule has 1 aromatic carbocycles. The van der Waals surface area contributed by atoms with Gasteiger partial charge in [0, 0.05) is 17.6 Å². The average Bonchev–Trinajstić information content (AvgIpc) is 2.37. The number of nitrogens with zero attached hydrogens (tertiary/aromatic N) is 2. The zero-order chi connectivity index (χ0) is 14.0. The Morgan fingerprint density at radius 2 is 2.26 bits per heavy atom. The quantitative estimate of drug-likeness (QED) is 0.909. The predicted molar refractivity (Wildman–Crippen MR) is 76.0 cm³/mol. The Morgan fingerprint density at radius 3 is 2.89 bits per heavy atom. The van der Waals surface area contributed by atoms with E-state index in [4.69, 9.17) is 0 Å². The Kier molecular flexibility index (Phi) is 4.11. The summed E-state index contributed by atoms with van der Waals surface area (Å²) < 4.78 is 0.748. The molecule has 0 radical (unpaired) electrons. The molecule has 1 N–H and O–H groups in total. The van der Waals surface area contributed by atoms with Gasteiger partial charge in [-0.15, -0.1) is 0 Å². The molecule has 0 aromatic heterocycles. The highest BCUT2D eigenvalue weighted by Crippen LogP contribution is 2.32. The number of anilines is 1. The lowest BCUT2D eigenvalue weighted by Crippen LogP contribution is -2.42. The fourth-order valence-electron chi connectivity index (χ4n) is 2.61. The van der Waals surface area contributed by atoms with Gasteiger partial charge < -0.3 is 10.0 Å². The maximum absolute atomic E-state index is 11.2. The van der Waals surface area contributed by atoms with Gasteiger partial charge in [-0.05, 0) is 40.4 Å². The first-order chi connectivity index (χ1) is 9.02. The highest BCUT2D eigenvalue weighted by molar-refractivity contribution is 9.10. The van der Waals surface area contributed by atoms with Crippen molar-refractivity contribution in [2.45, 2.75) is 13.3 Å². The summed E-state index contributed by atoms with van der Waals surface area (Å²) in [5.74, 6) is -0.820. The molecule has 1 aliphatic rings. The van der Waals surface area contributed by atoms with Gasteiger partial charge in [0.15, 0.2) is 0 Å². The smallest absolute Gasteiger partial charge is 0.308 e. The van der Waals surface area contributed by atoms with Crippen molar-refractivity contribution < 1.29 is 9.90 Å². The predicted octanol–water partition coefficient (Wildman–Crippen LogP) is 2.87. The van der Waals surface area contributed by atoms with Crippen LogP contribution in [0.3, 0.4) is 0 Å². The van der Waals surface area contributed by atoms with Crippen LogP contribution >= 0.6 is 15.9 Å². The van der Waals surface area contributed by atoms with Gasteiger partial charge in [-0.3, -0.25) is 4.79 Å². The number of nitriles is 1. The first kappa shape index (κ1) is 13.9. The highest BCUT2D eigenvalue weighted by atomic mass is 79.9. The molecular formula is C14H15BrN2O2. The molecule has 1 aliphatic heterocycles. The van der Waals surface area contributed by atoms with E-state index < -0.39 is 5.97 Å². The molecule has 0 aliphatic carbocycles. The van der Waals surface area contributed by atoms with E-state index in [0.717, 1.165) is 16.7 Å². The van der Waals surface area contributed by atoms with Crippen LogP contribution in [0.25, 0.3) is 0 Å². The molecule has 1 fully saturated rings. The van der Waals surface area contributed by atoms with Crippen molar-refractivity contribution in [3.63, 3.8) is 0 Å². The first-order valence-corrected chi connectivity index (χ1v) is 6.98. The number of aliphatic carboxylic acids is 1. The van der Waals surface area contributed by atoms with Crippen molar-refractivity contribution in [3.8, 4) is 6.07 Å². The van der Waals surface area contributed by atoms with Crippen molar-refractivity contribution in [3.05, 3.63) is 28.2 Å². The number of benzene rings is 1. The molecule has 5 heteroatoms. The fraction of sp³-hybridized carbons (Fsp3) is 0.429. The average molecular weight is 323 g/mol. The van der Waals surface area contributed by atoms with E-state index in [9.17, 15) is 15.2 Å². The molecule has 100 valence electrons. The number of carboxylic acid groups (broad SMARTS) is 1. The lowest BCUT2D eigenvalue weighted by atomic mass is 9.90. The van der Waals surface area contributed by atoms with Gasteiger partial charge in [-0.1, -0.05) is 13.0 Å². The van der Waals surface area contributed by atoms with Crippen LogP contribution in [0.1, 0.15) is 18.9 Å². The molecule has 0 saturated carbocycles. The maximum atomic E-state index is 11.2. The van der Waals surface area contributed by atoms with Gasteiger partial charge in [-0.25, -0.2) is 0 Å². The van der Waals surface area contributed by atoms with E-state index >= 15 is 0 Å². The van der Waals surface area contributed by atoms with E-state index in [2.05, 4.69) is 22.0 Å². The number of halogens is 1. The Hall–Kier alpha value is -1.54. The van der Waals surface area contributed by atoms with Crippen molar-refractivity contribution in [2.75, 3.05) is 18.0 Å². The van der Waals surface area contributed by atoms with E-state index in [-0.39, 0.29) is 5.92 Å². The molecule has 19 heavy (non-hydrogen) atoms. The summed E-state index contributed by atoms with van der Waals surface area (Å²) in [5.41, 5.74) is 1.38. The highest BCUT2D eigenvalue weighted by Gasteiger charge is 2.30. The molecular weight excluding hydrogens is 308 g/mol. The van der Waals surface area contributed by atoms with E-state index in [1.54, 1.807) is 0 Å². The van der Waals surface area contributed by atoms with E-state index in [1.165, 1.54) is 0 Å². The lowest BCUT2D eigenvalue weighted by Gasteiger charge is -2.36. The van der Waals surface area contributed by atoms with Crippen molar-refractivity contribution >= 4 is 27.6 Å². The minimum Gasteiger partial charge on any atom is -0.481 e. The molecule has 2 unspecified atom stereocenters. The second kappa shape index (κ2) is 5.62. The number of carbonyl (C=O) groups is 1. The Bertz CT molecular complexity index is 539. The molecule has 1 aromatic rings. The van der Waals surface area contributed by atoms with Crippen LogP contribution in [-0.2, 0) is 4.79 Å². The second-order valence-electron chi connectivity index (χ2n) is 5.03. The summed E-state index contributed by atoms with van der Waals surface area (Å²) in [6.45, 7) is 3.30. The molecule has 1 saturated heterocycles. The molecule has 0 spiro atoms. The molecule has 2 rings (SSSR count). The molecule has 1 heterocycles. The summed E-state index contributed by atoms with van der Waals surface area (Å²) in [4.78, 5) is 13.2. The van der Waals surface area contributed by atoms with Crippen LogP contribution < -0.4 is 4.90 Å². The largest absolute Gasteiger partial charge is 0.481 e. The van der Waals surface area contributed by atoms with Crippen molar-refractivity contribution in [2.24, 2.45) is 11.8 Å². The topological polar surface area (TPSA) is 64.3 Å². The van der Waals surface area contributed by atoms with Crippen LogP contribution in [0.5, 0.6) is 0 Å². The number of rotatable bonds is 2. The van der Waals surface area contributed by atoms with Gasteiger partial charge >= 0.3 is 5.97 Å². The number of piperidine rings is 1. The minimum absolute atomic E-state index is 0.306. The van der Waals surface area contributed by atoms with Crippen molar-refractivity contribution in [1.82, 2.24) is 0 Å². The third kappa shape index (κ3) is 2.90. The first-order valence-electron chi connectivity index (χ1n) is 6.19. The second-order valence-corrected chi connectivity index (χ2v) is 5.88. The summed E-state index contributed by atoms with van der Waals surface area (Å²) in [5, 5.41) is 18.4. The van der Waals surface area contributed by atoms with Crippen LogP contribution in [0.15, 0.2) is 22.7 Å². The van der Waals surface area contributed by atoms with Gasteiger partial charge in [0.25, 0.3) is 0 Å². The third-order valence-corrected chi connectivity index (χ3v) is 4.11. The summed E-state index contributed by atoms with van der Waals surface area (Å²) in [7, 11) is 0. The maximum Gasteiger partial charge on any atom is 0.308 e. The molecule has 0 amide bonds. The van der Waals surface area contributed by atoms with Crippen molar-refractivity contribution in [1.29, 1.82) is 5.26 Å². The molecule has 2 atom stereocenters. The summed E-state index contributed by atoms with van der Waals surface area (Å²) in [6.07, 6.45) is 0.696. The van der Waals surface area contributed by atoms with Crippen LogP contribution in [0, 0.1) is 23.2 Å². The Balaban J connectivity index is 2.34. The lowest BCUT2D eigenvalue weighted by molar-refractivity contribution is -0.142. The molecule has 0 bridgehead atoms. The number of hydrogen-bond acceptors (Lipinski definition) is 3. The van der Waals surface area contributed by atoms with Gasteiger partial charge in [0.2, 0.25) is 0 Å². The van der Waals surface area contributed by atoms with Gasteiger partial charge in [0.1, 0.15) is 6.07 Å². The van der Waals surface area contributed by atoms with E-state index in [1.807, 2.05) is 30.0 Å². The number of carboxylic acids is 1. The zero-order valence-electron chi connectivity index (χ0n) is 10.6. The SMILES string of the molecule is CC1CC(C(=O)O)CN(c2cccc(Br)c2C#N)C1.